The number of hydrogen-bond donors (Lipinski definition) is 1. The van der Waals surface area contributed by atoms with Crippen molar-refractivity contribution >= 4 is 34.7 Å². The van der Waals surface area contributed by atoms with Crippen LogP contribution < -0.4 is 10.2 Å². The van der Waals surface area contributed by atoms with Crippen LogP contribution in [0.15, 0.2) is 54.2 Å². The second-order valence-electron chi connectivity index (χ2n) is 7.62. The number of imide groups is 1. The van der Waals surface area contributed by atoms with Gasteiger partial charge in [0.25, 0.3) is 11.8 Å². The number of nitrogens with one attached hydrogen (secondary N) is 1. The van der Waals surface area contributed by atoms with Crippen molar-refractivity contribution in [2.24, 2.45) is 0 Å². The van der Waals surface area contributed by atoms with Crippen molar-refractivity contribution in [2.45, 2.75) is 19.8 Å². The molecule has 4 rings (SSSR count). The summed E-state index contributed by atoms with van der Waals surface area (Å²) in [6.07, 6.45) is 1.84. The lowest BCUT2D eigenvalue weighted by atomic mass is 9.98. The number of amides is 3. The maximum atomic E-state index is 13.4. The van der Waals surface area contributed by atoms with Crippen LogP contribution in [0.4, 0.5) is 11.4 Å². The predicted molar refractivity (Wildman–Crippen MR) is 118 cm³/mol. The first-order valence-corrected chi connectivity index (χ1v) is 10.3. The Morgan fingerprint density at radius 1 is 1.06 bits per heavy atom. The van der Waals surface area contributed by atoms with Gasteiger partial charge in [-0.15, -0.1) is 0 Å². The lowest BCUT2D eigenvalue weighted by Gasteiger charge is -2.32. The first-order valence-electron chi connectivity index (χ1n) is 10.3. The van der Waals surface area contributed by atoms with Gasteiger partial charge in [-0.3, -0.25) is 19.3 Å². The number of rotatable bonds is 6. The number of methoxy groups -OCH3 is 1. The lowest BCUT2D eigenvalue weighted by Crippen LogP contribution is -2.38. The molecule has 0 atom stereocenters. The van der Waals surface area contributed by atoms with Crippen LogP contribution >= 0.6 is 0 Å². The minimum absolute atomic E-state index is 0.171. The van der Waals surface area contributed by atoms with Crippen LogP contribution in [0.2, 0.25) is 0 Å². The Morgan fingerprint density at radius 2 is 1.81 bits per heavy atom. The van der Waals surface area contributed by atoms with E-state index in [1.807, 2.05) is 23.1 Å². The van der Waals surface area contributed by atoms with Crippen LogP contribution in [-0.4, -0.2) is 49.4 Å². The Morgan fingerprint density at radius 3 is 2.52 bits per heavy atom. The van der Waals surface area contributed by atoms with Crippen molar-refractivity contribution < 1.29 is 19.1 Å². The van der Waals surface area contributed by atoms with E-state index in [0.29, 0.717) is 29.1 Å². The van der Waals surface area contributed by atoms with Gasteiger partial charge in [0.1, 0.15) is 5.70 Å². The quantitative estimate of drug-likeness (QED) is 0.729. The molecule has 0 saturated heterocycles. The summed E-state index contributed by atoms with van der Waals surface area (Å²) >= 11 is 0. The molecule has 2 aromatic rings. The molecule has 0 aliphatic carbocycles. The summed E-state index contributed by atoms with van der Waals surface area (Å²) in [4.78, 5) is 41.3. The molecule has 0 spiro atoms. The SMILES string of the molecule is COCCN1C(=O)C(c2ccc(NC(C)=O)cc2)=C(N2CCCc3ccccc32)C1=O. The third-order valence-corrected chi connectivity index (χ3v) is 5.54. The zero-order valence-electron chi connectivity index (χ0n) is 17.7. The summed E-state index contributed by atoms with van der Waals surface area (Å²) in [5.41, 5.74) is 4.19. The molecule has 2 aromatic carbocycles. The minimum atomic E-state index is -0.326. The molecule has 0 unspecified atom stereocenters. The predicted octanol–water partition coefficient (Wildman–Crippen LogP) is 2.82. The van der Waals surface area contributed by atoms with Crippen molar-refractivity contribution in [1.82, 2.24) is 4.90 Å². The van der Waals surface area contributed by atoms with Gasteiger partial charge in [0.05, 0.1) is 18.7 Å². The van der Waals surface area contributed by atoms with Gasteiger partial charge in [0, 0.05) is 32.0 Å². The van der Waals surface area contributed by atoms with Crippen LogP contribution in [0.5, 0.6) is 0 Å². The van der Waals surface area contributed by atoms with Crippen molar-refractivity contribution in [3.63, 3.8) is 0 Å². The molecule has 2 heterocycles. The third kappa shape index (κ3) is 3.96. The fourth-order valence-corrected chi connectivity index (χ4v) is 4.15. The minimum Gasteiger partial charge on any atom is -0.383 e. The number of benzene rings is 2. The zero-order chi connectivity index (χ0) is 22.0. The summed E-state index contributed by atoms with van der Waals surface area (Å²) in [5.74, 6) is -0.803. The van der Waals surface area contributed by atoms with Crippen molar-refractivity contribution in [2.75, 3.05) is 37.0 Å². The van der Waals surface area contributed by atoms with E-state index in [1.165, 1.54) is 11.8 Å². The highest BCUT2D eigenvalue weighted by molar-refractivity contribution is 6.36. The molecule has 31 heavy (non-hydrogen) atoms. The second kappa shape index (κ2) is 8.73. The number of hydrogen-bond acceptors (Lipinski definition) is 5. The molecule has 0 fully saturated rings. The Hall–Kier alpha value is -3.45. The molecule has 1 N–H and O–H groups in total. The Bertz CT molecular complexity index is 1060. The molecule has 7 nitrogen and oxygen atoms in total. The molecule has 2 aliphatic rings. The van der Waals surface area contributed by atoms with Gasteiger partial charge in [0.2, 0.25) is 5.91 Å². The molecular formula is C24H25N3O4. The van der Waals surface area contributed by atoms with Crippen molar-refractivity contribution in [1.29, 1.82) is 0 Å². The average Bonchev–Trinajstić information content (AvgIpc) is 3.01. The largest absolute Gasteiger partial charge is 0.383 e. The molecule has 7 heteroatoms. The molecule has 0 aromatic heterocycles. The van der Waals surface area contributed by atoms with Gasteiger partial charge in [-0.25, -0.2) is 0 Å². The average molecular weight is 419 g/mol. The third-order valence-electron chi connectivity index (χ3n) is 5.54. The summed E-state index contributed by atoms with van der Waals surface area (Å²) in [7, 11) is 1.54. The maximum absolute atomic E-state index is 13.4. The standard InChI is InChI=1S/C24H25N3O4/c1-16(28)25-19-11-9-18(10-12-19)21-22(24(30)27(23(21)29)14-15-31-2)26-13-5-7-17-6-3-4-8-20(17)26/h3-4,6,8-12H,5,7,13-15H2,1-2H3,(H,25,28). The smallest absolute Gasteiger partial charge is 0.278 e. The van der Waals surface area contributed by atoms with Crippen molar-refractivity contribution in [3.8, 4) is 0 Å². The van der Waals surface area contributed by atoms with E-state index >= 15 is 0 Å². The highest BCUT2D eigenvalue weighted by Gasteiger charge is 2.42. The van der Waals surface area contributed by atoms with Crippen molar-refractivity contribution in [3.05, 3.63) is 65.4 Å². The number of carbonyl (C=O) groups is 3. The lowest BCUT2D eigenvalue weighted by molar-refractivity contribution is -0.137. The Balaban J connectivity index is 1.80. The Labute approximate surface area is 181 Å². The van der Waals surface area contributed by atoms with E-state index < -0.39 is 0 Å². The Kier molecular flexibility index (Phi) is 5.86. The molecule has 3 amide bonds. The summed E-state index contributed by atoms with van der Waals surface area (Å²) < 4.78 is 5.11. The number of ether oxygens (including phenoxy) is 1. The molecule has 0 saturated carbocycles. The second-order valence-corrected chi connectivity index (χ2v) is 7.62. The fraction of sp³-hybridized carbons (Fsp3) is 0.292. The van der Waals surface area contributed by atoms with E-state index in [4.69, 9.17) is 4.74 Å². The first-order chi connectivity index (χ1) is 15.0. The molecule has 2 aliphatic heterocycles. The molecular weight excluding hydrogens is 394 g/mol. The van der Waals surface area contributed by atoms with Gasteiger partial charge >= 0.3 is 0 Å². The number of aryl methyl sites for hydroxylation is 1. The maximum Gasteiger partial charge on any atom is 0.278 e. The molecule has 0 radical (unpaired) electrons. The van der Waals surface area contributed by atoms with E-state index in [2.05, 4.69) is 11.4 Å². The van der Waals surface area contributed by atoms with E-state index in [-0.39, 0.29) is 30.9 Å². The number of fused-ring (bicyclic) bond motifs is 1. The number of anilines is 2. The molecule has 0 bridgehead atoms. The van der Waals surface area contributed by atoms with Gasteiger partial charge in [-0.05, 0) is 42.2 Å². The van der Waals surface area contributed by atoms with Crippen LogP contribution in [0.25, 0.3) is 5.57 Å². The van der Waals surface area contributed by atoms with E-state index in [1.54, 1.807) is 31.4 Å². The summed E-state index contributed by atoms with van der Waals surface area (Å²) in [6, 6.07) is 15.0. The molecule has 160 valence electrons. The van der Waals surface area contributed by atoms with Gasteiger partial charge in [0.15, 0.2) is 0 Å². The highest BCUT2D eigenvalue weighted by atomic mass is 16.5. The van der Waals surface area contributed by atoms with Gasteiger partial charge < -0.3 is 15.0 Å². The van der Waals surface area contributed by atoms with Crippen LogP contribution in [0.1, 0.15) is 24.5 Å². The number of carbonyl (C=O) groups excluding carboxylic acids is 3. The zero-order valence-corrected chi connectivity index (χ0v) is 17.7. The number of nitrogens with zero attached hydrogens (tertiary/aromatic N) is 2. The highest BCUT2D eigenvalue weighted by Crippen LogP contribution is 2.38. The number of para-hydroxylation sites is 1. The van der Waals surface area contributed by atoms with Gasteiger partial charge in [-0.1, -0.05) is 30.3 Å². The first kappa shape index (κ1) is 20.8. The summed E-state index contributed by atoms with van der Waals surface area (Å²) in [6.45, 7) is 2.57. The van der Waals surface area contributed by atoms with Gasteiger partial charge in [-0.2, -0.15) is 0 Å². The summed E-state index contributed by atoms with van der Waals surface area (Å²) in [5, 5.41) is 2.72. The van der Waals surface area contributed by atoms with E-state index in [0.717, 1.165) is 24.1 Å². The topological polar surface area (TPSA) is 79.0 Å². The van der Waals surface area contributed by atoms with E-state index in [9.17, 15) is 14.4 Å². The van der Waals surface area contributed by atoms with Crippen LogP contribution in [-0.2, 0) is 25.5 Å². The van der Waals surface area contributed by atoms with Crippen LogP contribution in [0.3, 0.4) is 0 Å². The fourth-order valence-electron chi connectivity index (χ4n) is 4.15. The monoisotopic (exact) mass is 419 g/mol. The van der Waals surface area contributed by atoms with Crippen LogP contribution in [0, 0.1) is 0 Å². The normalized spacial score (nSPS) is 16.1.